The van der Waals surface area contributed by atoms with Crippen molar-refractivity contribution in [1.29, 1.82) is 0 Å². The van der Waals surface area contributed by atoms with Crippen LogP contribution in [-0.4, -0.2) is 37.1 Å². The van der Waals surface area contributed by atoms with E-state index in [1.807, 2.05) is 19.2 Å². The third-order valence-corrected chi connectivity index (χ3v) is 4.46. The predicted octanol–water partition coefficient (Wildman–Crippen LogP) is 1.75. The van der Waals surface area contributed by atoms with Crippen molar-refractivity contribution in [3.8, 4) is 0 Å². The number of hydrogen-bond acceptors (Lipinski definition) is 4. The van der Waals surface area contributed by atoms with Crippen LogP contribution in [0.25, 0.3) is 0 Å². The van der Waals surface area contributed by atoms with Crippen LogP contribution in [-0.2, 0) is 16.0 Å². The van der Waals surface area contributed by atoms with Gasteiger partial charge < -0.3 is 20.6 Å². The van der Waals surface area contributed by atoms with Gasteiger partial charge in [0.05, 0.1) is 11.8 Å². The summed E-state index contributed by atoms with van der Waals surface area (Å²) < 4.78 is 26.4. The number of amides is 2. The van der Waals surface area contributed by atoms with Crippen LogP contribution in [0, 0.1) is 11.6 Å². The Morgan fingerprint density at radius 3 is 2.70 bits per heavy atom. The molecule has 1 heterocycles. The average molecular weight is 375 g/mol. The van der Waals surface area contributed by atoms with E-state index in [1.165, 1.54) is 0 Å². The minimum Gasteiger partial charge on any atom is -0.387 e. The van der Waals surface area contributed by atoms with Gasteiger partial charge in [-0.3, -0.25) is 9.59 Å². The molecule has 0 spiro atoms. The molecule has 0 aliphatic carbocycles. The molecule has 0 fully saturated rings. The smallest absolute Gasteiger partial charge is 0.313 e. The molecule has 0 radical (unpaired) electrons. The highest BCUT2D eigenvalue weighted by atomic mass is 19.1. The molecule has 3 N–H and O–H groups in total. The molecule has 2 aromatic carbocycles. The maximum atomic E-state index is 13.5. The summed E-state index contributed by atoms with van der Waals surface area (Å²) in [6.07, 6.45) is -0.106. The van der Waals surface area contributed by atoms with E-state index < -0.39 is 29.6 Å². The van der Waals surface area contributed by atoms with Crippen molar-refractivity contribution < 1.29 is 23.5 Å². The fourth-order valence-corrected chi connectivity index (χ4v) is 2.95. The van der Waals surface area contributed by atoms with Crippen LogP contribution in [0.15, 0.2) is 36.4 Å². The van der Waals surface area contributed by atoms with Crippen LogP contribution < -0.4 is 15.5 Å². The number of hydrogen-bond donors (Lipinski definition) is 3. The van der Waals surface area contributed by atoms with Gasteiger partial charge in [0.15, 0.2) is 0 Å². The molecular formula is C19H19F2N3O3. The summed E-state index contributed by atoms with van der Waals surface area (Å²) in [4.78, 5) is 25.8. The molecule has 3 rings (SSSR count). The van der Waals surface area contributed by atoms with E-state index in [4.69, 9.17) is 0 Å². The summed E-state index contributed by atoms with van der Waals surface area (Å²) >= 11 is 0. The quantitative estimate of drug-likeness (QED) is 0.711. The lowest BCUT2D eigenvalue weighted by Gasteiger charge is -2.15. The Bertz CT molecular complexity index is 888. The Labute approximate surface area is 154 Å². The zero-order chi connectivity index (χ0) is 19.6. The first kappa shape index (κ1) is 18.8. The minimum atomic E-state index is -1.11. The Morgan fingerprint density at radius 1 is 1.19 bits per heavy atom. The van der Waals surface area contributed by atoms with E-state index in [0.29, 0.717) is 11.6 Å². The number of benzene rings is 2. The average Bonchev–Trinajstić information content (AvgIpc) is 3.02. The van der Waals surface area contributed by atoms with E-state index in [0.717, 1.165) is 36.3 Å². The van der Waals surface area contributed by atoms with E-state index in [9.17, 15) is 23.5 Å². The van der Waals surface area contributed by atoms with Gasteiger partial charge >= 0.3 is 11.8 Å². The molecule has 2 amide bonds. The zero-order valence-electron chi connectivity index (χ0n) is 14.6. The number of fused-ring (bicyclic) bond motifs is 1. The minimum absolute atomic E-state index is 0.174. The van der Waals surface area contributed by atoms with Crippen molar-refractivity contribution in [2.45, 2.75) is 12.5 Å². The lowest BCUT2D eigenvalue weighted by atomic mass is 10.0. The second-order valence-electron chi connectivity index (χ2n) is 6.36. The molecule has 2 aromatic rings. The molecule has 0 saturated carbocycles. The van der Waals surface area contributed by atoms with Crippen LogP contribution in [0.3, 0.4) is 0 Å². The van der Waals surface area contributed by atoms with Crippen molar-refractivity contribution >= 4 is 23.2 Å². The van der Waals surface area contributed by atoms with Gasteiger partial charge in [-0.1, -0.05) is 12.1 Å². The second kappa shape index (κ2) is 7.71. The van der Waals surface area contributed by atoms with E-state index in [1.54, 1.807) is 6.07 Å². The monoisotopic (exact) mass is 375 g/mol. The number of nitrogens with zero attached hydrogens (tertiary/aromatic N) is 1. The molecule has 8 heteroatoms. The summed E-state index contributed by atoms with van der Waals surface area (Å²) in [5.41, 5.74) is 2.55. The van der Waals surface area contributed by atoms with Gasteiger partial charge in [0.1, 0.15) is 11.6 Å². The molecule has 0 aromatic heterocycles. The first-order valence-corrected chi connectivity index (χ1v) is 8.41. The maximum Gasteiger partial charge on any atom is 0.313 e. The summed E-state index contributed by atoms with van der Waals surface area (Å²) in [5.74, 6) is -3.92. The standard InChI is InChI=1S/C19H19F2N3O3/c1-24-7-6-11-8-12(2-5-16(11)24)17(25)10-22-18(26)19(27)23-15-4-3-13(20)9-14(15)21/h2-5,8-9,17,25H,6-7,10H2,1H3,(H,22,26)(H,23,27). The highest BCUT2D eigenvalue weighted by Gasteiger charge is 2.20. The molecule has 27 heavy (non-hydrogen) atoms. The van der Waals surface area contributed by atoms with Gasteiger partial charge in [0.2, 0.25) is 0 Å². The molecule has 1 aliphatic heterocycles. The van der Waals surface area contributed by atoms with Crippen LogP contribution in [0.5, 0.6) is 0 Å². The van der Waals surface area contributed by atoms with Crippen LogP contribution in [0.4, 0.5) is 20.2 Å². The fourth-order valence-electron chi connectivity index (χ4n) is 2.95. The lowest BCUT2D eigenvalue weighted by Crippen LogP contribution is -2.37. The first-order chi connectivity index (χ1) is 12.8. The number of halogens is 2. The number of nitrogens with one attached hydrogen (secondary N) is 2. The predicted molar refractivity (Wildman–Crippen MR) is 96.4 cm³/mol. The SMILES string of the molecule is CN1CCc2cc(C(O)CNC(=O)C(=O)Nc3ccc(F)cc3F)ccc21. The molecule has 6 nitrogen and oxygen atoms in total. The Balaban J connectivity index is 1.56. The summed E-state index contributed by atoms with van der Waals surface area (Å²) in [5, 5.41) is 14.6. The number of likely N-dealkylation sites (N-methyl/N-ethyl adjacent to an activating group) is 1. The van der Waals surface area contributed by atoms with Crippen molar-refractivity contribution in [1.82, 2.24) is 5.32 Å². The third-order valence-electron chi connectivity index (χ3n) is 4.46. The topological polar surface area (TPSA) is 81.7 Å². The molecule has 1 unspecified atom stereocenters. The highest BCUT2D eigenvalue weighted by Crippen LogP contribution is 2.29. The normalized spacial score (nSPS) is 13.9. The Morgan fingerprint density at radius 2 is 1.96 bits per heavy atom. The van der Waals surface area contributed by atoms with E-state index in [-0.39, 0.29) is 12.2 Å². The Kier molecular flexibility index (Phi) is 5.36. The van der Waals surface area contributed by atoms with Gasteiger partial charge in [-0.25, -0.2) is 8.78 Å². The lowest BCUT2D eigenvalue weighted by molar-refractivity contribution is -0.136. The van der Waals surface area contributed by atoms with Crippen molar-refractivity contribution in [2.24, 2.45) is 0 Å². The summed E-state index contributed by atoms with van der Waals surface area (Å²) in [6.45, 7) is 0.735. The zero-order valence-corrected chi connectivity index (χ0v) is 14.6. The highest BCUT2D eigenvalue weighted by molar-refractivity contribution is 6.39. The number of aliphatic hydroxyl groups excluding tert-OH is 1. The first-order valence-electron chi connectivity index (χ1n) is 8.41. The van der Waals surface area contributed by atoms with Crippen LogP contribution >= 0.6 is 0 Å². The van der Waals surface area contributed by atoms with E-state index in [2.05, 4.69) is 15.5 Å². The van der Waals surface area contributed by atoms with Gasteiger partial charge in [0.25, 0.3) is 0 Å². The van der Waals surface area contributed by atoms with Crippen LogP contribution in [0.2, 0.25) is 0 Å². The largest absolute Gasteiger partial charge is 0.387 e. The number of anilines is 2. The fraction of sp³-hybridized carbons (Fsp3) is 0.263. The van der Waals surface area contributed by atoms with Crippen molar-refractivity contribution in [2.75, 3.05) is 30.4 Å². The number of rotatable bonds is 4. The van der Waals surface area contributed by atoms with Crippen molar-refractivity contribution in [3.63, 3.8) is 0 Å². The van der Waals surface area contributed by atoms with Gasteiger partial charge in [-0.05, 0) is 35.7 Å². The second-order valence-corrected chi connectivity index (χ2v) is 6.36. The number of carbonyl (C=O) groups excluding carboxylic acids is 2. The molecule has 0 bridgehead atoms. The van der Waals surface area contributed by atoms with Crippen molar-refractivity contribution in [3.05, 3.63) is 59.2 Å². The molecular weight excluding hydrogens is 356 g/mol. The number of aliphatic hydroxyl groups is 1. The molecule has 1 aliphatic rings. The van der Waals surface area contributed by atoms with Gasteiger partial charge in [0, 0.05) is 31.9 Å². The third kappa shape index (κ3) is 4.22. The Hall–Kier alpha value is -3.00. The summed E-state index contributed by atoms with van der Waals surface area (Å²) in [6, 6.07) is 8.14. The molecule has 142 valence electrons. The van der Waals surface area contributed by atoms with Crippen LogP contribution in [0.1, 0.15) is 17.2 Å². The maximum absolute atomic E-state index is 13.5. The van der Waals surface area contributed by atoms with Gasteiger partial charge in [-0.15, -0.1) is 0 Å². The molecule has 1 atom stereocenters. The molecule has 0 saturated heterocycles. The number of carbonyl (C=O) groups is 2. The summed E-state index contributed by atoms with van der Waals surface area (Å²) in [7, 11) is 1.99. The van der Waals surface area contributed by atoms with Gasteiger partial charge in [-0.2, -0.15) is 0 Å². The van der Waals surface area contributed by atoms with E-state index >= 15 is 0 Å².